The first-order valence-electron chi connectivity index (χ1n) is 6.86. The molecule has 2 aromatic rings. The fraction of sp³-hybridized carbons (Fsp3) is 0.250. The van der Waals surface area contributed by atoms with E-state index in [9.17, 15) is 8.42 Å². The molecule has 0 radical (unpaired) electrons. The van der Waals surface area contributed by atoms with Crippen LogP contribution in [-0.4, -0.2) is 15.0 Å². The molecule has 0 spiro atoms. The summed E-state index contributed by atoms with van der Waals surface area (Å²) in [5, 5.41) is 0. The Morgan fingerprint density at radius 1 is 1.05 bits per heavy atom. The van der Waals surface area contributed by atoms with E-state index in [4.69, 9.17) is 5.73 Å². The zero-order valence-electron chi connectivity index (χ0n) is 12.0. The summed E-state index contributed by atoms with van der Waals surface area (Å²) in [4.78, 5) is 0.313. The van der Waals surface area contributed by atoms with Gasteiger partial charge in [0.25, 0.3) is 0 Å². The van der Waals surface area contributed by atoms with Gasteiger partial charge in [0.05, 0.1) is 4.90 Å². The van der Waals surface area contributed by atoms with Gasteiger partial charge in [0.15, 0.2) is 0 Å². The second-order valence-electron chi connectivity index (χ2n) is 4.94. The maximum absolute atomic E-state index is 12.3. The van der Waals surface area contributed by atoms with Gasteiger partial charge in [0.1, 0.15) is 0 Å². The Morgan fingerprint density at radius 2 is 1.76 bits per heavy atom. The molecular weight excluding hydrogens is 284 g/mol. The van der Waals surface area contributed by atoms with Gasteiger partial charge < -0.3 is 5.73 Å². The summed E-state index contributed by atoms with van der Waals surface area (Å²) in [6, 6.07) is 15.0. The molecule has 0 heterocycles. The van der Waals surface area contributed by atoms with Crippen LogP contribution in [-0.2, 0) is 23.0 Å². The molecule has 0 atom stereocenters. The fourth-order valence-electron chi connectivity index (χ4n) is 2.19. The van der Waals surface area contributed by atoms with E-state index in [-0.39, 0.29) is 0 Å². The summed E-state index contributed by atoms with van der Waals surface area (Å²) >= 11 is 0. The SMILES string of the molecule is Cc1cc(CN)ccc1S(=O)(=O)NCCc1ccccc1. The first-order valence-corrected chi connectivity index (χ1v) is 8.34. The van der Waals surface area contributed by atoms with Crippen LogP contribution in [0.25, 0.3) is 0 Å². The van der Waals surface area contributed by atoms with Crippen LogP contribution < -0.4 is 10.5 Å². The number of aryl methyl sites for hydroxylation is 1. The highest BCUT2D eigenvalue weighted by atomic mass is 32.2. The van der Waals surface area contributed by atoms with Crippen molar-refractivity contribution in [2.24, 2.45) is 5.73 Å². The van der Waals surface area contributed by atoms with Gasteiger partial charge in [0.2, 0.25) is 10.0 Å². The van der Waals surface area contributed by atoms with E-state index in [1.54, 1.807) is 19.1 Å². The van der Waals surface area contributed by atoms with Gasteiger partial charge in [0, 0.05) is 13.1 Å². The molecule has 21 heavy (non-hydrogen) atoms. The van der Waals surface area contributed by atoms with Gasteiger partial charge in [-0.2, -0.15) is 0 Å². The number of benzene rings is 2. The van der Waals surface area contributed by atoms with Crippen molar-refractivity contribution in [1.29, 1.82) is 0 Å². The summed E-state index contributed by atoms with van der Waals surface area (Å²) in [5.41, 5.74) is 8.30. The molecule has 0 aliphatic carbocycles. The minimum Gasteiger partial charge on any atom is -0.326 e. The van der Waals surface area contributed by atoms with Crippen molar-refractivity contribution in [3.63, 3.8) is 0 Å². The lowest BCUT2D eigenvalue weighted by molar-refractivity contribution is 0.581. The van der Waals surface area contributed by atoms with Crippen LogP contribution in [0.2, 0.25) is 0 Å². The summed E-state index contributed by atoms with van der Waals surface area (Å²) in [6.45, 7) is 2.57. The van der Waals surface area contributed by atoms with Gasteiger partial charge in [-0.1, -0.05) is 42.5 Å². The molecule has 0 aliphatic heterocycles. The molecule has 2 rings (SSSR count). The first kappa shape index (κ1) is 15.7. The monoisotopic (exact) mass is 304 g/mol. The standard InChI is InChI=1S/C16H20N2O2S/c1-13-11-15(12-17)7-8-16(13)21(19,20)18-10-9-14-5-3-2-4-6-14/h2-8,11,18H,9-10,12,17H2,1H3. The number of nitrogens with two attached hydrogens (primary N) is 1. The zero-order chi connectivity index (χ0) is 15.3. The third kappa shape index (κ3) is 4.14. The van der Waals surface area contributed by atoms with Crippen molar-refractivity contribution >= 4 is 10.0 Å². The molecule has 4 nitrogen and oxygen atoms in total. The maximum atomic E-state index is 12.3. The van der Waals surface area contributed by atoms with E-state index in [2.05, 4.69) is 4.72 Å². The Hall–Kier alpha value is -1.69. The smallest absolute Gasteiger partial charge is 0.240 e. The Morgan fingerprint density at radius 3 is 2.38 bits per heavy atom. The highest BCUT2D eigenvalue weighted by Gasteiger charge is 2.16. The van der Waals surface area contributed by atoms with Crippen LogP contribution in [0.5, 0.6) is 0 Å². The third-order valence-corrected chi connectivity index (χ3v) is 4.93. The molecule has 0 aliphatic rings. The van der Waals surface area contributed by atoms with Crippen molar-refractivity contribution in [2.75, 3.05) is 6.54 Å². The second-order valence-corrected chi connectivity index (χ2v) is 6.67. The van der Waals surface area contributed by atoms with Crippen molar-refractivity contribution < 1.29 is 8.42 Å². The Kier molecular flexibility index (Phi) is 5.12. The molecular formula is C16H20N2O2S. The van der Waals surface area contributed by atoms with Crippen LogP contribution in [0, 0.1) is 6.92 Å². The van der Waals surface area contributed by atoms with E-state index >= 15 is 0 Å². The predicted octanol–water partition coefficient (Wildman–Crippen LogP) is 1.97. The number of rotatable bonds is 6. The molecule has 0 saturated heterocycles. The van der Waals surface area contributed by atoms with Gasteiger partial charge in [-0.15, -0.1) is 0 Å². The number of sulfonamides is 1. The molecule has 0 unspecified atom stereocenters. The molecule has 2 aromatic carbocycles. The van der Waals surface area contributed by atoms with Gasteiger partial charge >= 0.3 is 0 Å². The van der Waals surface area contributed by atoms with Crippen LogP contribution in [0.1, 0.15) is 16.7 Å². The predicted molar refractivity (Wildman–Crippen MR) is 84.4 cm³/mol. The summed E-state index contributed by atoms with van der Waals surface area (Å²) in [6.07, 6.45) is 0.667. The largest absolute Gasteiger partial charge is 0.326 e. The van der Waals surface area contributed by atoms with E-state index < -0.39 is 10.0 Å². The van der Waals surface area contributed by atoms with Crippen molar-refractivity contribution in [3.8, 4) is 0 Å². The average molecular weight is 304 g/mol. The van der Waals surface area contributed by atoms with Crippen LogP contribution in [0.3, 0.4) is 0 Å². The Balaban J connectivity index is 2.05. The molecule has 0 saturated carbocycles. The lowest BCUT2D eigenvalue weighted by atomic mass is 10.1. The van der Waals surface area contributed by atoms with Gasteiger partial charge in [-0.05, 0) is 36.1 Å². The summed E-state index contributed by atoms with van der Waals surface area (Å²) in [5.74, 6) is 0. The lowest BCUT2D eigenvalue weighted by Crippen LogP contribution is -2.26. The van der Waals surface area contributed by atoms with Crippen molar-refractivity contribution in [1.82, 2.24) is 4.72 Å². The minimum atomic E-state index is -3.48. The maximum Gasteiger partial charge on any atom is 0.240 e. The number of hydrogen-bond donors (Lipinski definition) is 2. The van der Waals surface area contributed by atoms with Crippen LogP contribution in [0.4, 0.5) is 0 Å². The molecule has 3 N–H and O–H groups in total. The molecule has 0 amide bonds. The average Bonchev–Trinajstić information content (AvgIpc) is 2.47. The van der Waals surface area contributed by atoms with Gasteiger partial charge in [-0.25, -0.2) is 13.1 Å². The van der Waals surface area contributed by atoms with E-state index in [1.807, 2.05) is 36.4 Å². The van der Waals surface area contributed by atoms with Crippen LogP contribution >= 0.6 is 0 Å². The van der Waals surface area contributed by atoms with Crippen molar-refractivity contribution in [3.05, 3.63) is 65.2 Å². The summed E-state index contributed by atoms with van der Waals surface area (Å²) < 4.78 is 27.2. The van der Waals surface area contributed by atoms with E-state index in [1.165, 1.54) is 0 Å². The number of nitrogens with one attached hydrogen (secondary N) is 1. The van der Waals surface area contributed by atoms with Gasteiger partial charge in [-0.3, -0.25) is 0 Å². The lowest BCUT2D eigenvalue weighted by Gasteiger charge is -2.10. The minimum absolute atomic E-state index is 0.313. The zero-order valence-corrected chi connectivity index (χ0v) is 12.9. The van der Waals surface area contributed by atoms with E-state index in [0.717, 1.165) is 11.1 Å². The first-order chi connectivity index (χ1) is 10.0. The molecule has 112 valence electrons. The number of hydrogen-bond acceptors (Lipinski definition) is 3. The Labute approximate surface area is 126 Å². The molecule has 0 aromatic heterocycles. The van der Waals surface area contributed by atoms with E-state index in [0.29, 0.717) is 30.0 Å². The summed E-state index contributed by atoms with van der Waals surface area (Å²) in [7, 11) is -3.48. The second kappa shape index (κ2) is 6.85. The van der Waals surface area contributed by atoms with Crippen LogP contribution in [0.15, 0.2) is 53.4 Å². The molecule has 0 fully saturated rings. The highest BCUT2D eigenvalue weighted by Crippen LogP contribution is 2.16. The molecule has 5 heteroatoms. The quantitative estimate of drug-likeness (QED) is 0.857. The van der Waals surface area contributed by atoms with Crippen molar-refractivity contribution in [2.45, 2.75) is 24.8 Å². The fourth-order valence-corrected chi connectivity index (χ4v) is 3.45. The highest BCUT2D eigenvalue weighted by molar-refractivity contribution is 7.89. The third-order valence-electron chi connectivity index (χ3n) is 3.31. The topological polar surface area (TPSA) is 72.2 Å². The normalized spacial score (nSPS) is 11.5. The molecule has 0 bridgehead atoms. The Bertz CT molecular complexity index is 697.